The number of hydrogen-bond donors (Lipinski definition) is 0. The normalized spacial score (nSPS) is 17.9. The first kappa shape index (κ1) is 11.5. The third-order valence-corrected chi connectivity index (χ3v) is 2.93. The van der Waals surface area contributed by atoms with Gasteiger partial charge < -0.3 is 9.47 Å². The molecule has 0 radical (unpaired) electrons. The van der Waals surface area contributed by atoms with Crippen molar-refractivity contribution in [3.05, 3.63) is 12.4 Å². The Labute approximate surface area is 96.5 Å². The van der Waals surface area contributed by atoms with E-state index in [9.17, 15) is 0 Å². The summed E-state index contributed by atoms with van der Waals surface area (Å²) in [6, 6.07) is 0.389. The molecule has 0 spiro atoms. The summed E-state index contributed by atoms with van der Waals surface area (Å²) in [7, 11) is 0. The van der Waals surface area contributed by atoms with Crippen molar-refractivity contribution in [1.29, 1.82) is 0 Å². The van der Waals surface area contributed by atoms with Gasteiger partial charge in [-0.25, -0.2) is 0 Å². The maximum Gasteiger partial charge on any atom is 0.157 e. The molecular formula is C12H20N2O2. The van der Waals surface area contributed by atoms with E-state index in [0.29, 0.717) is 12.0 Å². The van der Waals surface area contributed by atoms with Gasteiger partial charge in [0.05, 0.1) is 19.0 Å². The van der Waals surface area contributed by atoms with Crippen LogP contribution in [0, 0.1) is 5.92 Å². The number of ether oxygens (including phenoxy) is 2. The second-order valence-corrected chi connectivity index (χ2v) is 4.62. The standard InChI is InChI=1S/C12H20N2O2/c1-10(2)14-8-12(7-13-14)16-9-11-3-5-15-6-4-11/h7-8,10-11H,3-6,9H2,1-2H3. The Morgan fingerprint density at radius 1 is 1.50 bits per heavy atom. The van der Waals surface area contributed by atoms with Gasteiger partial charge in [0.25, 0.3) is 0 Å². The summed E-state index contributed by atoms with van der Waals surface area (Å²) in [5.41, 5.74) is 0. The molecule has 0 unspecified atom stereocenters. The molecule has 4 nitrogen and oxygen atoms in total. The average molecular weight is 224 g/mol. The molecule has 0 amide bonds. The smallest absolute Gasteiger partial charge is 0.157 e. The maximum absolute atomic E-state index is 5.74. The predicted octanol–water partition coefficient (Wildman–Crippen LogP) is 2.27. The molecule has 16 heavy (non-hydrogen) atoms. The number of rotatable bonds is 4. The molecule has 1 aliphatic heterocycles. The minimum atomic E-state index is 0.389. The van der Waals surface area contributed by atoms with Gasteiger partial charge in [-0.3, -0.25) is 4.68 Å². The topological polar surface area (TPSA) is 36.3 Å². The van der Waals surface area contributed by atoms with E-state index < -0.39 is 0 Å². The highest BCUT2D eigenvalue weighted by molar-refractivity contribution is 5.12. The lowest BCUT2D eigenvalue weighted by atomic mass is 10.0. The quantitative estimate of drug-likeness (QED) is 0.787. The monoisotopic (exact) mass is 224 g/mol. The molecule has 1 aromatic heterocycles. The van der Waals surface area contributed by atoms with Gasteiger partial charge in [-0.2, -0.15) is 5.10 Å². The minimum Gasteiger partial charge on any atom is -0.490 e. The Balaban J connectivity index is 1.79. The molecule has 0 bridgehead atoms. The molecule has 2 heterocycles. The fourth-order valence-electron chi connectivity index (χ4n) is 1.80. The summed E-state index contributed by atoms with van der Waals surface area (Å²) in [4.78, 5) is 0. The first-order valence-corrected chi connectivity index (χ1v) is 6.00. The van der Waals surface area contributed by atoms with Crippen LogP contribution in [0.5, 0.6) is 5.75 Å². The van der Waals surface area contributed by atoms with Crippen LogP contribution < -0.4 is 4.74 Å². The number of nitrogens with zero attached hydrogens (tertiary/aromatic N) is 2. The summed E-state index contributed by atoms with van der Waals surface area (Å²) >= 11 is 0. The molecule has 1 aliphatic rings. The van der Waals surface area contributed by atoms with Crippen molar-refractivity contribution in [3.8, 4) is 5.75 Å². The molecule has 0 N–H and O–H groups in total. The van der Waals surface area contributed by atoms with Crippen LogP contribution in [0.2, 0.25) is 0 Å². The van der Waals surface area contributed by atoms with Crippen LogP contribution in [0.25, 0.3) is 0 Å². The van der Waals surface area contributed by atoms with Gasteiger partial charge in [0.1, 0.15) is 0 Å². The van der Waals surface area contributed by atoms with Crippen molar-refractivity contribution < 1.29 is 9.47 Å². The van der Waals surface area contributed by atoms with Gasteiger partial charge in [-0.15, -0.1) is 0 Å². The van der Waals surface area contributed by atoms with E-state index in [1.165, 1.54) is 0 Å². The number of hydrogen-bond acceptors (Lipinski definition) is 3. The van der Waals surface area contributed by atoms with Crippen LogP contribution in [-0.4, -0.2) is 29.6 Å². The van der Waals surface area contributed by atoms with Crippen LogP contribution in [0.3, 0.4) is 0 Å². The minimum absolute atomic E-state index is 0.389. The van der Waals surface area contributed by atoms with Crippen molar-refractivity contribution in [1.82, 2.24) is 9.78 Å². The third-order valence-electron chi connectivity index (χ3n) is 2.93. The second-order valence-electron chi connectivity index (χ2n) is 4.62. The highest BCUT2D eigenvalue weighted by atomic mass is 16.5. The van der Waals surface area contributed by atoms with Crippen molar-refractivity contribution in [3.63, 3.8) is 0 Å². The lowest BCUT2D eigenvalue weighted by Gasteiger charge is -2.21. The third kappa shape index (κ3) is 2.98. The lowest BCUT2D eigenvalue weighted by Crippen LogP contribution is -2.21. The van der Waals surface area contributed by atoms with Crippen LogP contribution in [0.15, 0.2) is 12.4 Å². The summed E-state index contributed by atoms with van der Waals surface area (Å²) in [6.07, 6.45) is 5.97. The highest BCUT2D eigenvalue weighted by Gasteiger charge is 2.14. The molecular weight excluding hydrogens is 204 g/mol. The first-order valence-electron chi connectivity index (χ1n) is 6.00. The Hall–Kier alpha value is -1.03. The van der Waals surface area contributed by atoms with E-state index >= 15 is 0 Å². The van der Waals surface area contributed by atoms with Crippen molar-refractivity contribution in [2.24, 2.45) is 5.92 Å². The molecule has 90 valence electrons. The lowest BCUT2D eigenvalue weighted by molar-refractivity contribution is 0.0497. The summed E-state index contributed by atoms with van der Waals surface area (Å²) < 4.78 is 13.0. The summed E-state index contributed by atoms with van der Waals surface area (Å²) in [5, 5.41) is 4.25. The van der Waals surface area contributed by atoms with Crippen molar-refractivity contribution >= 4 is 0 Å². The molecule has 0 atom stereocenters. The Bertz CT molecular complexity index is 317. The van der Waals surface area contributed by atoms with E-state index in [4.69, 9.17) is 9.47 Å². The molecule has 4 heteroatoms. The highest BCUT2D eigenvalue weighted by Crippen LogP contribution is 2.18. The molecule has 1 fully saturated rings. The van der Waals surface area contributed by atoms with Crippen LogP contribution >= 0.6 is 0 Å². The Morgan fingerprint density at radius 2 is 2.25 bits per heavy atom. The van der Waals surface area contributed by atoms with Gasteiger partial charge in [0, 0.05) is 19.3 Å². The molecule has 0 aliphatic carbocycles. The van der Waals surface area contributed by atoms with Gasteiger partial charge in [-0.1, -0.05) is 0 Å². The molecule has 1 saturated heterocycles. The average Bonchev–Trinajstić information content (AvgIpc) is 2.76. The summed E-state index contributed by atoms with van der Waals surface area (Å²) in [5.74, 6) is 1.51. The van der Waals surface area contributed by atoms with E-state index in [0.717, 1.165) is 38.4 Å². The zero-order valence-electron chi connectivity index (χ0n) is 10.1. The van der Waals surface area contributed by atoms with Crippen molar-refractivity contribution in [2.75, 3.05) is 19.8 Å². The van der Waals surface area contributed by atoms with Crippen LogP contribution in [0.4, 0.5) is 0 Å². The zero-order chi connectivity index (χ0) is 11.4. The van der Waals surface area contributed by atoms with Crippen molar-refractivity contribution in [2.45, 2.75) is 32.7 Å². The fraction of sp³-hybridized carbons (Fsp3) is 0.750. The van der Waals surface area contributed by atoms with Gasteiger partial charge in [0.15, 0.2) is 5.75 Å². The van der Waals surface area contributed by atoms with Gasteiger partial charge >= 0.3 is 0 Å². The van der Waals surface area contributed by atoms with E-state index in [2.05, 4.69) is 18.9 Å². The van der Waals surface area contributed by atoms with Crippen LogP contribution in [0.1, 0.15) is 32.7 Å². The molecule has 2 rings (SSSR count). The predicted molar refractivity (Wildman–Crippen MR) is 61.7 cm³/mol. The van der Waals surface area contributed by atoms with Gasteiger partial charge in [-0.05, 0) is 32.6 Å². The van der Waals surface area contributed by atoms with E-state index in [1.807, 2.05) is 10.9 Å². The number of aromatic nitrogens is 2. The largest absolute Gasteiger partial charge is 0.490 e. The second kappa shape index (κ2) is 5.34. The molecule has 0 aromatic carbocycles. The van der Waals surface area contributed by atoms with Crippen LogP contribution in [-0.2, 0) is 4.74 Å². The summed E-state index contributed by atoms with van der Waals surface area (Å²) in [6.45, 7) is 6.75. The Kier molecular flexibility index (Phi) is 3.83. The zero-order valence-corrected chi connectivity index (χ0v) is 10.1. The molecule has 1 aromatic rings. The molecule has 0 saturated carbocycles. The fourth-order valence-corrected chi connectivity index (χ4v) is 1.80. The maximum atomic E-state index is 5.74. The van der Waals surface area contributed by atoms with E-state index in [1.54, 1.807) is 6.20 Å². The first-order chi connectivity index (χ1) is 7.75. The Morgan fingerprint density at radius 3 is 2.88 bits per heavy atom. The van der Waals surface area contributed by atoms with Gasteiger partial charge in [0.2, 0.25) is 0 Å². The SMILES string of the molecule is CC(C)n1cc(OCC2CCOCC2)cn1. The van der Waals surface area contributed by atoms with E-state index in [-0.39, 0.29) is 0 Å².